The Morgan fingerprint density at radius 3 is 2.52 bits per heavy atom. The van der Waals surface area contributed by atoms with E-state index in [0.717, 1.165) is 22.0 Å². The maximum Gasteiger partial charge on any atom is 0.257 e. The van der Waals surface area contributed by atoms with E-state index in [1.165, 1.54) is 7.11 Å². The predicted molar refractivity (Wildman–Crippen MR) is 127 cm³/mol. The zero-order valence-corrected chi connectivity index (χ0v) is 18.4. The van der Waals surface area contributed by atoms with Crippen molar-refractivity contribution in [1.82, 2.24) is 4.98 Å². The number of anilines is 3. The molecule has 1 aromatic heterocycles. The molecule has 0 saturated heterocycles. The van der Waals surface area contributed by atoms with Crippen molar-refractivity contribution in [2.45, 2.75) is 6.92 Å². The molecule has 31 heavy (non-hydrogen) atoms. The van der Waals surface area contributed by atoms with Crippen molar-refractivity contribution in [1.29, 1.82) is 0 Å². The van der Waals surface area contributed by atoms with Crippen LogP contribution >= 0.6 is 23.2 Å². The van der Waals surface area contributed by atoms with Gasteiger partial charge in [-0.3, -0.25) is 4.79 Å². The Labute approximate surface area is 190 Å². The number of nitrogens with zero attached hydrogens (tertiary/aromatic N) is 1. The molecule has 0 bridgehead atoms. The first-order chi connectivity index (χ1) is 15.0. The van der Waals surface area contributed by atoms with Crippen molar-refractivity contribution in [2.24, 2.45) is 0 Å². The molecule has 0 fully saturated rings. The van der Waals surface area contributed by atoms with Gasteiger partial charge in [0.2, 0.25) is 0 Å². The molecule has 3 aromatic carbocycles. The highest BCUT2D eigenvalue weighted by Gasteiger charge is 2.16. The topological polar surface area (TPSA) is 63.2 Å². The van der Waals surface area contributed by atoms with Crippen molar-refractivity contribution in [2.75, 3.05) is 17.7 Å². The van der Waals surface area contributed by atoms with Crippen LogP contribution in [0, 0.1) is 6.92 Å². The Balaban J connectivity index is 1.70. The summed E-state index contributed by atoms with van der Waals surface area (Å²) in [4.78, 5) is 17.6. The third-order valence-corrected chi connectivity index (χ3v) is 5.53. The summed E-state index contributed by atoms with van der Waals surface area (Å²) in [6, 6.07) is 18.3. The second-order valence-corrected chi connectivity index (χ2v) is 7.80. The van der Waals surface area contributed by atoms with E-state index >= 15 is 0 Å². The maximum atomic E-state index is 13.1. The number of amides is 1. The fourth-order valence-corrected chi connectivity index (χ4v) is 3.60. The van der Waals surface area contributed by atoms with Gasteiger partial charge in [-0.2, -0.15) is 0 Å². The Morgan fingerprint density at radius 2 is 1.77 bits per heavy atom. The summed E-state index contributed by atoms with van der Waals surface area (Å²) >= 11 is 12.3. The molecular weight excluding hydrogens is 433 g/mol. The van der Waals surface area contributed by atoms with Crippen molar-refractivity contribution < 1.29 is 9.53 Å². The van der Waals surface area contributed by atoms with Crippen LogP contribution in [0.4, 0.5) is 17.2 Å². The molecule has 4 rings (SSSR count). The number of nitrogens with one attached hydrogen (secondary N) is 2. The lowest BCUT2D eigenvalue weighted by molar-refractivity contribution is 0.102. The summed E-state index contributed by atoms with van der Waals surface area (Å²) in [7, 11) is 1.54. The molecule has 0 atom stereocenters. The van der Waals surface area contributed by atoms with Crippen molar-refractivity contribution in [3.63, 3.8) is 0 Å². The number of aryl methyl sites for hydroxylation is 1. The number of rotatable bonds is 5. The molecule has 156 valence electrons. The maximum absolute atomic E-state index is 13.1. The van der Waals surface area contributed by atoms with E-state index in [9.17, 15) is 4.79 Å². The van der Waals surface area contributed by atoms with Gasteiger partial charge >= 0.3 is 0 Å². The van der Waals surface area contributed by atoms with Crippen molar-refractivity contribution in [3.8, 4) is 5.75 Å². The highest BCUT2D eigenvalue weighted by atomic mass is 35.5. The van der Waals surface area contributed by atoms with Gasteiger partial charge in [0, 0.05) is 27.3 Å². The van der Waals surface area contributed by atoms with Gasteiger partial charge in [-0.1, -0.05) is 53.5 Å². The Bertz CT molecular complexity index is 1290. The van der Waals surface area contributed by atoms with Crippen LogP contribution in [-0.2, 0) is 0 Å². The van der Waals surface area contributed by atoms with Crippen LogP contribution < -0.4 is 15.4 Å². The normalized spacial score (nSPS) is 10.7. The summed E-state index contributed by atoms with van der Waals surface area (Å²) in [5, 5.41) is 8.89. The number of benzene rings is 3. The summed E-state index contributed by atoms with van der Waals surface area (Å²) in [6.07, 6.45) is 1.55. The molecule has 0 spiro atoms. The summed E-state index contributed by atoms with van der Waals surface area (Å²) < 4.78 is 5.32. The molecule has 0 aliphatic rings. The average Bonchev–Trinajstić information content (AvgIpc) is 2.76. The number of hydrogen-bond donors (Lipinski definition) is 2. The minimum Gasteiger partial charge on any atom is -0.495 e. The van der Waals surface area contributed by atoms with Crippen LogP contribution in [0.25, 0.3) is 10.8 Å². The molecular formula is C24H19Cl2N3O2. The van der Waals surface area contributed by atoms with E-state index in [1.807, 2.05) is 49.4 Å². The number of carbonyl (C=O) groups excluding carboxylic acids is 1. The van der Waals surface area contributed by atoms with Gasteiger partial charge in [0.25, 0.3) is 5.91 Å². The molecule has 0 radical (unpaired) electrons. The zero-order chi connectivity index (χ0) is 22.0. The number of methoxy groups -OCH3 is 1. The van der Waals surface area contributed by atoms with E-state index < -0.39 is 0 Å². The Hall–Kier alpha value is -3.28. The third-order valence-electron chi connectivity index (χ3n) is 4.88. The minimum absolute atomic E-state index is 0.311. The average molecular weight is 452 g/mol. The fourth-order valence-electron chi connectivity index (χ4n) is 3.25. The molecule has 4 aromatic rings. The summed E-state index contributed by atoms with van der Waals surface area (Å²) in [6.45, 7) is 1.95. The smallest absolute Gasteiger partial charge is 0.257 e. The van der Waals surface area contributed by atoms with Crippen LogP contribution in [0.15, 0.2) is 66.9 Å². The van der Waals surface area contributed by atoms with Crippen molar-refractivity contribution >= 4 is 57.1 Å². The lowest BCUT2D eigenvalue weighted by atomic mass is 10.1. The summed E-state index contributed by atoms with van der Waals surface area (Å²) in [5.41, 5.74) is 2.73. The Kier molecular flexibility index (Phi) is 5.98. The first-order valence-corrected chi connectivity index (χ1v) is 10.3. The highest BCUT2D eigenvalue weighted by Crippen LogP contribution is 2.31. The quantitative estimate of drug-likeness (QED) is 0.348. The van der Waals surface area contributed by atoms with E-state index in [4.69, 9.17) is 27.9 Å². The number of carbonyl (C=O) groups is 1. The third kappa shape index (κ3) is 4.43. The Morgan fingerprint density at radius 1 is 1.00 bits per heavy atom. The largest absolute Gasteiger partial charge is 0.495 e. The van der Waals surface area contributed by atoms with Crippen LogP contribution in [0.3, 0.4) is 0 Å². The molecule has 1 heterocycles. The van der Waals surface area contributed by atoms with Gasteiger partial charge in [0.1, 0.15) is 11.6 Å². The SMILES string of the molecule is COc1ccc(Cl)cc1NC(=O)c1cnc(Nc2ccc(C)c(Cl)c2)c2ccccc12. The second-order valence-electron chi connectivity index (χ2n) is 6.95. The van der Waals surface area contributed by atoms with Gasteiger partial charge in [0.15, 0.2) is 0 Å². The fraction of sp³-hybridized carbons (Fsp3) is 0.0833. The van der Waals surface area contributed by atoms with Crippen LogP contribution in [0.1, 0.15) is 15.9 Å². The standard InChI is InChI=1S/C24H19Cl2N3O2/c1-14-7-9-16(12-20(14)26)28-23-18-6-4-3-5-17(18)19(13-27-23)24(30)29-21-11-15(25)8-10-22(21)31-2/h3-13H,1-2H3,(H,27,28)(H,29,30). The van der Waals surface area contributed by atoms with Gasteiger partial charge in [-0.25, -0.2) is 4.98 Å². The van der Waals surface area contributed by atoms with Crippen LogP contribution in [-0.4, -0.2) is 18.0 Å². The number of aromatic nitrogens is 1. The van der Waals surface area contributed by atoms with Crippen LogP contribution in [0.2, 0.25) is 10.0 Å². The number of fused-ring (bicyclic) bond motifs is 1. The van der Waals surface area contributed by atoms with E-state index in [2.05, 4.69) is 15.6 Å². The molecule has 0 aliphatic heterocycles. The second kappa shape index (κ2) is 8.84. The van der Waals surface area contributed by atoms with Gasteiger partial charge < -0.3 is 15.4 Å². The highest BCUT2D eigenvalue weighted by molar-refractivity contribution is 6.31. The van der Waals surface area contributed by atoms with Crippen molar-refractivity contribution in [3.05, 3.63) is 88.0 Å². The van der Waals surface area contributed by atoms with E-state index in [1.54, 1.807) is 24.4 Å². The predicted octanol–water partition coefficient (Wildman–Crippen LogP) is 6.85. The first-order valence-electron chi connectivity index (χ1n) is 9.52. The molecule has 0 aliphatic carbocycles. The molecule has 1 amide bonds. The lowest BCUT2D eigenvalue weighted by Gasteiger charge is -2.14. The molecule has 7 heteroatoms. The summed E-state index contributed by atoms with van der Waals surface area (Å²) in [5.74, 6) is 0.839. The zero-order valence-electron chi connectivity index (χ0n) is 16.9. The van der Waals surface area contributed by atoms with Crippen LogP contribution in [0.5, 0.6) is 5.75 Å². The minimum atomic E-state index is -0.311. The molecule has 0 saturated carbocycles. The molecule has 5 nitrogen and oxygen atoms in total. The van der Waals surface area contributed by atoms with Gasteiger partial charge in [-0.15, -0.1) is 0 Å². The first kappa shape index (κ1) is 21.0. The number of ether oxygens (including phenoxy) is 1. The van der Waals surface area contributed by atoms with Gasteiger partial charge in [0.05, 0.1) is 18.4 Å². The number of pyridine rings is 1. The number of hydrogen-bond acceptors (Lipinski definition) is 4. The van der Waals surface area contributed by atoms with Gasteiger partial charge in [-0.05, 0) is 48.2 Å². The number of halogens is 2. The van der Waals surface area contributed by atoms with E-state index in [-0.39, 0.29) is 5.91 Å². The lowest BCUT2D eigenvalue weighted by Crippen LogP contribution is -2.14. The molecule has 0 unspecified atom stereocenters. The molecule has 2 N–H and O–H groups in total. The van der Waals surface area contributed by atoms with E-state index in [0.29, 0.717) is 32.9 Å². The monoisotopic (exact) mass is 451 g/mol.